The smallest absolute Gasteiger partial charge is 0.416 e. The number of fused-ring (bicyclic) bond motifs is 1. The Balaban J connectivity index is 1.37. The first-order valence-electron chi connectivity index (χ1n) is 10.8. The van der Waals surface area contributed by atoms with Crippen LogP contribution in [0.5, 0.6) is 0 Å². The quantitative estimate of drug-likeness (QED) is 0.367. The Kier molecular flexibility index (Phi) is 5.31. The van der Waals surface area contributed by atoms with Crippen molar-refractivity contribution in [3.63, 3.8) is 0 Å². The van der Waals surface area contributed by atoms with Gasteiger partial charge in [0, 0.05) is 11.4 Å². The molecule has 0 unspecified atom stereocenters. The highest BCUT2D eigenvalue weighted by Crippen LogP contribution is 2.51. The lowest BCUT2D eigenvalue weighted by molar-refractivity contribution is -0.143. The fourth-order valence-electron chi connectivity index (χ4n) is 4.21. The predicted molar refractivity (Wildman–Crippen MR) is 119 cm³/mol. The molecule has 6 nitrogen and oxygen atoms in total. The number of carbonyl (C=O) groups excluding carboxylic acids is 1. The predicted octanol–water partition coefficient (Wildman–Crippen LogP) is 6.20. The Hall–Kier alpha value is -3.96. The lowest BCUT2D eigenvalue weighted by Gasteiger charge is -2.29. The molecule has 0 atom stereocenters. The zero-order chi connectivity index (χ0) is 25.9. The molecular weight excluding hydrogens is 490 g/mol. The number of hydrogen-bond acceptors (Lipinski definition) is 4. The van der Waals surface area contributed by atoms with Crippen molar-refractivity contribution in [2.24, 2.45) is 0 Å². The Morgan fingerprint density at radius 1 is 0.972 bits per heavy atom. The lowest BCUT2D eigenvalue weighted by Crippen LogP contribution is -2.39. The van der Waals surface area contributed by atoms with Gasteiger partial charge in [-0.2, -0.15) is 26.3 Å². The van der Waals surface area contributed by atoms with E-state index in [1.165, 1.54) is 6.26 Å². The normalized spacial score (nSPS) is 16.8. The fraction of sp³-hybridized carbons (Fsp3) is 0.250. The van der Waals surface area contributed by atoms with Crippen molar-refractivity contribution < 1.29 is 35.6 Å². The molecule has 2 aliphatic rings. The van der Waals surface area contributed by atoms with Gasteiger partial charge in [0.1, 0.15) is 5.84 Å². The van der Waals surface area contributed by atoms with Gasteiger partial charge in [0.25, 0.3) is 0 Å². The van der Waals surface area contributed by atoms with Gasteiger partial charge in [-0.15, -0.1) is 0 Å². The number of rotatable bonds is 4. The van der Waals surface area contributed by atoms with Crippen LogP contribution in [0.3, 0.4) is 0 Å². The third-order valence-corrected chi connectivity index (χ3v) is 6.35. The first kappa shape index (κ1) is 23.8. The van der Waals surface area contributed by atoms with E-state index >= 15 is 0 Å². The van der Waals surface area contributed by atoms with Crippen molar-refractivity contribution in [3.05, 3.63) is 77.0 Å². The number of anilines is 3. The minimum atomic E-state index is -4.99. The Morgan fingerprint density at radius 3 is 2.14 bits per heavy atom. The summed E-state index contributed by atoms with van der Waals surface area (Å²) in [4.78, 5) is 14.7. The molecule has 1 saturated carbocycles. The molecule has 188 valence electrons. The minimum absolute atomic E-state index is 0.0513. The van der Waals surface area contributed by atoms with Gasteiger partial charge in [-0.3, -0.25) is 10.2 Å². The third-order valence-electron chi connectivity index (χ3n) is 6.35. The number of halogens is 6. The summed E-state index contributed by atoms with van der Waals surface area (Å²) in [6.07, 6.45) is -8.28. The Bertz CT molecular complexity index is 1310. The number of carbonyl (C=O) groups is 1. The second-order valence-corrected chi connectivity index (χ2v) is 8.65. The molecule has 1 aromatic heterocycles. The summed E-state index contributed by atoms with van der Waals surface area (Å²) in [7, 11) is 0. The van der Waals surface area contributed by atoms with Crippen LogP contribution in [0.4, 0.5) is 43.6 Å². The van der Waals surface area contributed by atoms with Gasteiger partial charge in [0.15, 0.2) is 0 Å². The second kappa shape index (κ2) is 8.04. The van der Waals surface area contributed by atoms with Crippen molar-refractivity contribution in [2.45, 2.75) is 30.6 Å². The van der Waals surface area contributed by atoms with Crippen LogP contribution >= 0.6 is 0 Å². The molecule has 36 heavy (non-hydrogen) atoms. The van der Waals surface area contributed by atoms with Crippen molar-refractivity contribution in [1.82, 2.24) is 0 Å². The van der Waals surface area contributed by atoms with Gasteiger partial charge in [-0.25, -0.2) is 0 Å². The summed E-state index contributed by atoms with van der Waals surface area (Å²) in [6.45, 7) is 0.269. The van der Waals surface area contributed by atoms with Crippen LogP contribution in [0.1, 0.15) is 35.1 Å². The van der Waals surface area contributed by atoms with Gasteiger partial charge in [0.05, 0.1) is 35.0 Å². The second-order valence-electron chi connectivity index (χ2n) is 8.65. The first-order valence-corrected chi connectivity index (χ1v) is 10.8. The summed E-state index contributed by atoms with van der Waals surface area (Å²) in [5.74, 6) is 0.00694. The summed E-state index contributed by atoms with van der Waals surface area (Å²) < 4.78 is 84.9. The van der Waals surface area contributed by atoms with Crippen LogP contribution in [0.2, 0.25) is 0 Å². The number of amides is 1. The molecule has 0 saturated heterocycles. The van der Waals surface area contributed by atoms with E-state index in [4.69, 9.17) is 9.83 Å². The van der Waals surface area contributed by atoms with Crippen LogP contribution in [0, 0.1) is 5.41 Å². The number of nitrogens with one attached hydrogen (secondary N) is 3. The number of hydrogen-bond donors (Lipinski definition) is 3. The van der Waals surface area contributed by atoms with E-state index in [2.05, 4.69) is 10.6 Å². The van der Waals surface area contributed by atoms with Gasteiger partial charge < -0.3 is 20.0 Å². The number of alkyl halides is 6. The number of benzene rings is 2. The average molecular weight is 508 g/mol. The van der Waals surface area contributed by atoms with Gasteiger partial charge in [-0.05, 0) is 66.9 Å². The monoisotopic (exact) mass is 508 g/mol. The van der Waals surface area contributed by atoms with Crippen LogP contribution < -0.4 is 15.5 Å². The maximum Gasteiger partial charge on any atom is 0.416 e. The van der Waals surface area contributed by atoms with Crippen molar-refractivity contribution in [1.29, 1.82) is 5.41 Å². The van der Waals surface area contributed by atoms with Crippen molar-refractivity contribution in [3.8, 4) is 0 Å². The van der Waals surface area contributed by atoms with Gasteiger partial charge >= 0.3 is 12.4 Å². The third kappa shape index (κ3) is 4.16. The zero-order valence-corrected chi connectivity index (χ0v) is 18.3. The van der Waals surface area contributed by atoms with Crippen molar-refractivity contribution >= 4 is 29.0 Å². The van der Waals surface area contributed by atoms with E-state index < -0.39 is 34.8 Å². The molecule has 5 rings (SSSR count). The number of furan rings is 1. The van der Waals surface area contributed by atoms with E-state index in [0.717, 1.165) is 0 Å². The molecule has 0 bridgehead atoms. The van der Waals surface area contributed by atoms with Gasteiger partial charge in [0.2, 0.25) is 11.8 Å². The molecule has 1 amide bonds. The molecule has 1 aliphatic carbocycles. The van der Waals surface area contributed by atoms with E-state index in [9.17, 15) is 31.1 Å². The number of amidine groups is 1. The maximum absolute atomic E-state index is 13.3. The highest BCUT2D eigenvalue weighted by Gasteiger charge is 2.53. The van der Waals surface area contributed by atoms with Crippen LogP contribution in [0.15, 0.2) is 59.2 Å². The Labute approximate surface area is 200 Å². The molecule has 2 aromatic carbocycles. The number of nitrogens with zero attached hydrogens (tertiary/aromatic N) is 1. The van der Waals surface area contributed by atoms with E-state index in [1.807, 2.05) is 0 Å². The highest BCUT2D eigenvalue weighted by molar-refractivity contribution is 6.12. The molecule has 0 radical (unpaired) electrons. The molecule has 0 spiro atoms. The summed E-state index contributed by atoms with van der Waals surface area (Å²) in [6, 6.07) is 9.32. The molecule has 3 aromatic rings. The summed E-state index contributed by atoms with van der Waals surface area (Å²) >= 11 is 0. The Morgan fingerprint density at radius 2 is 1.58 bits per heavy atom. The topological polar surface area (TPSA) is 81.4 Å². The molecule has 1 fully saturated rings. The summed E-state index contributed by atoms with van der Waals surface area (Å²) in [5, 5.41) is 14.0. The molecule has 12 heteroatoms. The van der Waals surface area contributed by atoms with Crippen LogP contribution in [0.25, 0.3) is 0 Å². The SMILES string of the molecule is N=C1c2ccoc2NCN1c1ccc(NC(=O)C2(c3cc(C(F)(F)F)cc(C(F)(F)F)c3)CC2)cc1. The zero-order valence-electron chi connectivity index (χ0n) is 18.3. The van der Waals surface area contributed by atoms with E-state index in [-0.39, 0.29) is 37.0 Å². The molecular formula is C24H18F6N4O2. The molecule has 1 aliphatic heterocycles. The van der Waals surface area contributed by atoms with Gasteiger partial charge in [-0.1, -0.05) is 0 Å². The summed E-state index contributed by atoms with van der Waals surface area (Å²) in [5.41, 5.74) is -3.17. The average Bonchev–Trinajstić information content (AvgIpc) is 3.49. The molecule has 3 N–H and O–H groups in total. The maximum atomic E-state index is 13.3. The fourth-order valence-corrected chi connectivity index (χ4v) is 4.21. The minimum Gasteiger partial charge on any atom is -0.448 e. The van der Waals surface area contributed by atoms with Crippen molar-refractivity contribution in [2.75, 3.05) is 22.2 Å². The van der Waals surface area contributed by atoms with Crippen LogP contribution in [-0.2, 0) is 22.6 Å². The van der Waals surface area contributed by atoms with E-state index in [0.29, 0.717) is 35.0 Å². The standard InChI is InChI=1S/C24H18F6N4O2/c25-23(26,27)14-9-13(10-15(11-14)24(28,29)30)22(6-7-22)21(35)33-16-1-3-17(4-2-16)34-12-32-20-18(19(34)31)5-8-36-20/h1-5,8-11,31-32H,6-7,12H2,(H,33,35). The van der Waals surface area contributed by atoms with Crippen LogP contribution in [-0.4, -0.2) is 18.4 Å². The lowest BCUT2D eigenvalue weighted by atomic mass is 9.91. The largest absolute Gasteiger partial charge is 0.448 e. The van der Waals surface area contributed by atoms with E-state index in [1.54, 1.807) is 35.2 Å². The highest BCUT2D eigenvalue weighted by atomic mass is 19.4. The molecule has 2 heterocycles. The first-order chi connectivity index (χ1) is 16.9.